The van der Waals surface area contributed by atoms with Gasteiger partial charge in [0.2, 0.25) is 0 Å². The summed E-state index contributed by atoms with van der Waals surface area (Å²) in [5.41, 5.74) is 7.35. The minimum Gasteiger partial charge on any atom is -0.486 e. The summed E-state index contributed by atoms with van der Waals surface area (Å²) in [4.78, 5) is 4.58. The van der Waals surface area contributed by atoms with Gasteiger partial charge in [0.1, 0.15) is 13.2 Å². The first kappa shape index (κ1) is 14.2. The topological polar surface area (TPSA) is 56.8 Å². The Kier molecular flexibility index (Phi) is 4.63. The number of fused-ring (bicyclic) bond motifs is 1. The zero-order valence-electron chi connectivity index (χ0n) is 12.5. The van der Waals surface area contributed by atoms with E-state index in [1.807, 2.05) is 6.07 Å². The highest BCUT2D eigenvalue weighted by Crippen LogP contribution is 2.30. The number of ether oxygens (including phenoxy) is 2. The van der Waals surface area contributed by atoms with Crippen molar-refractivity contribution in [2.24, 2.45) is 16.6 Å². The van der Waals surface area contributed by atoms with Gasteiger partial charge in [-0.3, -0.25) is 4.99 Å². The molecule has 2 aliphatic rings. The minimum absolute atomic E-state index is 0.513. The average Bonchev–Trinajstić information content (AvgIpc) is 2.55. The Balaban J connectivity index is 1.54. The Hall–Kier alpha value is -1.71. The molecule has 0 unspecified atom stereocenters. The van der Waals surface area contributed by atoms with Crippen molar-refractivity contribution < 1.29 is 9.47 Å². The van der Waals surface area contributed by atoms with Crippen LogP contribution in [0.1, 0.15) is 37.7 Å². The van der Waals surface area contributed by atoms with Crippen LogP contribution in [0.4, 0.5) is 0 Å². The molecule has 0 atom stereocenters. The summed E-state index contributed by atoms with van der Waals surface area (Å²) >= 11 is 0. The van der Waals surface area contributed by atoms with Crippen LogP contribution in [0.15, 0.2) is 23.2 Å². The third kappa shape index (κ3) is 3.69. The first-order valence-electron chi connectivity index (χ1n) is 8.01. The van der Waals surface area contributed by atoms with Gasteiger partial charge in [0.25, 0.3) is 0 Å². The molecule has 0 radical (unpaired) electrons. The number of amidine groups is 1. The summed E-state index contributed by atoms with van der Waals surface area (Å²) in [6.45, 7) is 2.01. The summed E-state index contributed by atoms with van der Waals surface area (Å²) < 4.78 is 11.1. The molecular formula is C17H24N2O2. The van der Waals surface area contributed by atoms with E-state index in [0.29, 0.717) is 19.1 Å². The predicted molar refractivity (Wildman–Crippen MR) is 84.2 cm³/mol. The Bertz CT molecular complexity index is 508. The molecule has 4 heteroatoms. The highest BCUT2D eigenvalue weighted by molar-refractivity contribution is 5.82. The average molecular weight is 288 g/mol. The summed E-state index contributed by atoms with van der Waals surface area (Å²) in [6, 6.07) is 6.12. The van der Waals surface area contributed by atoms with Crippen LogP contribution in [0.25, 0.3) is 0 Å². The van der Waals surface area contributed by atoms with E-state index in [1.165, 1.54) is 37.7 Å². The minimum atomic E-state index is 0.513. The van der Waals surface area contributed by atoms with Gasteiger partial charge in [0, 0.05) is 12.5 Å². The van der Waals surface area contributed by atoms with Crippen LogP contribution in [-0.2, 0) is 6.42 Å². The second-order valence-electron chi connectivity index (χ2n) is 5.87. The van der Waals surface area contributed by atoms with Crippen molar-refractivity contribution in [1.29, 1.82) is 0 Å². The smallest absolute Gasteiger partial charge is 0.161 e. The number of nitrogens with two attached hydrogens (primary N) is 1. The molecule has 1 aromatic rings. The maximum atomic E-state index is 6.13. The zero-order valence-corrected chi connectivity index (χ0v) is 12.5. The van der Waals surface area contributed by atoms with Gasteiger partial charge in [-0.25, -0.2) is 0 Å². The number of aliphatic imine (C=N–C) groups is 1. The monoisotopic (exact) mass is 288 g/mol. The number of hydrogen-bond donors (Lipinski definition) is 1. The maximum absolute atomic E-state index is 6.13. The number of benzene rings is 1. The fourth-order valence-electron chi connectivity index (χ4n) is 3.08. The van der Waals surface area contributed by atoms with E-state index in [1.54, 1.807) is 0 Å². The molecule has 1 aliphatic carbocycles. The summed E-state index contributed by atoms with van der Waals surface area (Å²) in [6.07, 6.45) is 7.25. The lowest BCUT2D eigenvalue weighted by molar-refractivity contribution is 0.171. The quantitative estimate of drug-likeness (QED) is 0.684. The molecule has 1 fully saturated rings. The van der Waals surface area contributed by atoms with Gasteiger partial charge in [-0.15, -0.1) is 0 Å². The predicted octanol–water partition coefficient (Wildman–Crippen LogP) is 2.94. The van der Waals surface area contributed by atoms with E-state index in [9.17, 15) is 0 Å². The van der Waals surface area contributed by atoms with Crippen molar-refractivity contribution in [3.8, 4) is 11.5 Å². The lowest BCUT2D eigenvalue weighted by atomic mass is 9.88. The Morgan fingerprint density at radius 2 is 1.86 bits per heavy atom. The fourth-order valence-corrected chi connectivity index (χ4v) is 3.08. The summed E-state index contributed by atoms with van der Waals surface area (Å²) in [5, 5.41) is 0. The molecule has 3 rings (SSSR count). The van der Waals surface area contributed by atoms with Crippen molar-refractivity contribution in [2.45, 2.75) is 38.5 Å². The highest BCUT2D eigenvalue weighted by Gasteiger charge is 2.16. The van der Waals surface area contributed by atoms with Crippen molar-refractivity contribution in [3.05, 3.63) is 23.8 Å². The van der Waals surface area contributed by atoms with E-state index in [2.05, 4.69) is 17.1 Å². The largest absolute Gasteiger partial charge is 0.486 e. The molecule has 114 valence electrons. The van der Waals surface area contributed by atoms with Crippen molar-refractivity contribution in [1.82, 2.24) is 0 Å². The fraction of sp³-hybridized carbons (Fsp3) is 0.588. The molecule has 2 N–H and O–H groups in total. The summed E-state index contributed by atoms with van der Waals surface area (Å²) in [5.74, 6) is 3.06. The van der Waals surface area contributed by atoms with Gasteiger partial charge in [-0.2, -0.15) is 0 Å². The second-order valence-corrected chi connectivity index (χ2v) is 5.87. The van der Waals surface area contributed by atoms with Crippen LogP contribution < -0.4 is 15.2 Å². The molecule has 0 spiro atoms. The van der Waals surface area contributed by atoms with Gasteiger partial charge >= 0.3 is 0 Å². The molecule has 0 aromatic heterocycles. The van der Waals surface area contributed by atoms with Gasteiger partial charge in [-0.05, 0) is 37.0 Å². The molecule has 1 saturated carbocycles. The molecule has 0 amide bonds. The Morgan fingerprint density at radius 1 is 1.10 bits per heavy atom. The van der Waals surface area contributed by atoms with Gasteiger partial charge in [0.15, 0.2) is 11.5 Å². The second kappa shape index (κ2) is 6.83. The van der Waals surface area contributed by atoms with Crippen LogP contribution in [0.2, 0.25) is 0 Å². The lowest BCUT2D eigenvalue weighted by Crippen LogP contribution is -2.26. The summed E-state index contributed by atoms with van der Waals surface area (Å²) in [7, 11) is 0. The van der Waals surface area contributed by atoms with E-state index < -0.39 is 0 Å². The molecule has 0 saturated heterocycles. The third-order valence-electron chi connectivity index (χ3n) is 4.32. The van der Waals surface area contributed by atoms with Gasteiger partial charge in [0.05, 0.1) is 5.84 Å². The number of rotatable bonds is 4. The molecule has 21 heavy (non-hydrogen) atoms. The molecule has 0 bridgehead atoms. The molecular weight excluding hydrogens is 264 g/mol. The van der Waals surface area contributed by atoms with Gasteiger partial charge < -0.3 is 15.2 Å². The van der Waals surface area contributed by atoms with Crippen molar-refractivity contribution in [2.75, 3.05) is 19.8 Å². The molecule has 1 aromatic carbocycles. The number of nitrogens with zero attached hydrogens (tertiary/aromatic N) is 1. The van der Waals surface area contributed by atoms with Crippen LogP contribution in [-0.4, -0.2) is 25.6 Å². The van der Waals surface area contributed by atoms with E-state index >= 15 is 0 Å². The Morgan fingerprint density at radius 3 is 2.67 bits per heavy atom. The van der Waals surface area contributed by atoms with Crippen LogP contribution >= 0.6 is 0 Å². The molecule has 1 aliphatic heterocycles. The maximum Gasteiger partial charge on any atom is 0.161 e. The SMILES string of the molecule is NC(=NCCc1ccc2c(c1)OCCO2)C1CCCCC1. The van der Waals surface area contributed by atoms with E-state index in [4.69, 9.17) is 15.2 Å². The normalized spacial score (nSPS) is 19.5. The van der Waals surface area contributed by atoms with Crippen LogP contribution in [0.3, 0.4) is 0 Å². The van der Waals surface area contributed by atoms with Crippen molar-refractivity contribution >= 4 is 5.84 Å². The lowest BCUT2D eigenvalue weighted by Gasteiger charge is -2.21. The molecule has 1 heterocycles. The van der Waals surface area contributed by atoms with Crippen LogP contribution in [0.5, 0.6) is 11.5 Å². The van der Waals surface area contributed by atoms with Crippen molar-refractivity contribution in [3.63, 3.8) is 0 Å². The van der Waals surface area contributed by atoms with Gasteiger partial charge in [-0.1, -0.05) is 25.3 Å². The van der Waals surface area contributed by atoms with E-state index in [-0.39, 0.29) is 0 Å². The highest BCUT2D eigenvalue weighted by atomic mass is 16.6. The first-order valence-corrected chi connectivity index (χ1v) is 8.01. The Labute approximate surface area is 126 Å². The van der Waals surface area contributed by atoms with Crippen LogP contribution in [0, 0.1) is 5.92 Å². The van der Waals surface area contributed by atoms with E-state index in [0.717, 1.165) is 30.3 Å². The third-order valence-corrected chi connectivity index (χ3v) is 4.32. The standard InChI is InChI=1S/C17H24N2O2/c18-17(14-4-2-1-3-5-14)19-9-8-13-6-7-15-16(12-13)21-11-10-20-15/h6-7,12,14H,1-5,8-11H2,(H2,18,19). The molecule has 4 nitrogen and oxygen atoms in total. The number of hydrogen-bond acceptors (Lipinski definition) is 3. The zero-order chi connectivity index (χ0) is 14.5. The first-order chi connectivity index (χ1) is 10.3.